The van der Waals surface area contributed by atoms with Crippen LogP contribution >= 0.6 is 0 Å². The molecule has 3 heteroatoms. The Hall–Kier alpha value is -0.830. The molecule has 0 aromatic rings. The fraction of sp³-hybridized carbons (Fsp3) is 0.571. The van der Waals surface area contributed by atoms with Gasteiger partial charge in [0.1, 0.15) is 0 Å². The van der Waals surface area contributed by atoms with Crippen molar-refractivity contribution in [3.8, 4) is 0 Å². The van der Waals surface area contributed by atoms with Gasteiger partial charge in [0.25, 0.3) is 0 Å². The van der Waals surface area contributed by atoms with Gasteiger partial charge in [-0.3, -0.25) is 4.79 Å². The molecule has 0 aromatic heterocycles. The molecule has 0 amide bonds. The van der Waals surface area contributed by atoms with Crippen molar-refractivity contribution in [2.75, 3.05) is 20.8 Å². The quantitative estimate of drug-likeness (QED) is 0.431. The molecule has 0 spiro atoms. The third-order valence-electron chi connectivity index (χ3n) is 1.01. The van der Waals surface area contributed by atoms with E-state index in [1.54, 1.807) is 0 Å². The molecular weight excluding hydrogens is 132 g/mol. The topological polar surface area (TPSA) is 35.5 Å². The standard InChI is InChI=1S/C7H12O3/c1-6(8)7(4-9-2)5-10-3/h4H,5H2,1-3H3/b7-4+. The largest absolute Gasteiger partial charge is 0.504 e. The van der Waals surface area contributed by atoms with Crippen LogP contribution in [0.25, 0.3) is 0 Å². The van der Waals surface area contributed by atoms with Crippen LogP contribution in [0, 0.1) is 0 Å². The molecule has 0 aliphatic carbocycles. The molecule has 10 heavy (non-hydrogen) atoms. The number of ether oxygens (including phenoxy) is 2. The summed E-state index contributed by atoms with van der Waals surface area (Å²) in [6.45, 7) is 1.78. The van der Waals surface area contributed by atoms with Gasteiger partial charge < -0.3 is 9.47 Å². The summed E-state index contributed by atoms with van der Waals surface area (Å²) in [5.41, 5.74) is 0.546. The summed E-state index contributed by atoms with van der Waals surface area (Å²) in [7, 11) is 3.03. The normalized spacial score (nSPS) is 11.3. The minimum atomic E-state index is -0.0244. The molecule has 0 aliphatic heterocycles. The second-order valence-electron chi connectivity index (χ2n) is 1.87. The molecule has 0 fully saturated rings. The van der Waals surface area contributed by atoms with Crippen LogP contribution in [0.3, 0.4) is 0 Å². The third kappa shape index (κ3) is 3.25. The van der Waals surface area contributed by atoms with Crippen molar-refractivity contribution >= 4 is 5.78 Å². The highest BCUT2D eigenvalue weighted by Gasteiger charge is 2.01. The molecule has 0 N–H and O–H groups in total. The Bertz CT molecular complexity index is 138. The van der Waals surface area contributed by atoms with Gasteiger partial charge in [-0.15, -0.1) is 0 Å². The lowest BCUT2D eigenvalue weighted by molar-refractivity contribution is -0.114. The zero-order chi connectivity index (χ0) is 7.98. The van der Waals surface area contributed by atoms with E-state index in [2.05, 4.69) is 4.74 Å². The van der Waals surface area contributed by atoms with Crippen molar-refractivity contribution in [1.29, 1.82) is 0 Å². The maximum Gasteiger partial charge on any atom is 0.161 e. The fourth-order valence-electron chi connectivity index (χ4n) is 0.516. The minimum Gasteiger partial charge on any atom is -0.504 e. The molecular formula is C7H12O3. The molecule has 0 unspecified atom stereocenters. The van der Waals surface area contributed by atoms with Gasteiger partial charge in [-0.2, -0.15) is 0 Å². The molecule has 0 radical (unpaired) electrons. The summed E-state index contributed by atoms with van der Waals surface area (Å²) in [4.78, 5) is 10.7. The number of Topliss-reactive ketones (excluding diaryl/α,β-unsaturated/α-hetero) is 1. The maximum atomic E-state index is 10.7. The van der Waals surface area contributed by atoms with Gasteiger partial charge >= 0.3 is 0 Å². The zero-order valence-electron chi connectivity index (χ0n) is 6.51. The molecule has 0 aliphatic rings. The zero-order valence-corrected chi connectivity index (χ0v) is 6.51. The summed E-state index contributed by atoms with van der Waals surface area (Å²) in [5.74, 6) is -0.0244. The lowest BCUT2D eigenvalue weighted by Gasteiger charge is -1.99. The lowest BCUT2D eigenvalue weighted by Crippen LogP contribution is -2.03. The number of carbonyl (C=O) groups excluding carboxylic acids is 1. The van der Waals surface area contributed by atoms with Crippen molar-refractivity contribution in [3.05, 3.63) is 11.8 Å². The van der Waals surface area contributed by atoms with E-state index in [1.807, 2.05) is 0 Å². The van der Waals surface area contributed by atoms with Crippen LogP contribution in [0.4, 0.5) is 0 Å². The number of rotatable bonds is 4. The number of hydrogen-bond acceptors (Lipinski definition) is 3. The van der Waals surface area contributed by atoms with Crippen LogP contribution in [0.15, 0.2) is 11.8 Å². The van der Waals surface area contributed by atoms with Crippen molar-refractivity contribution in [2.24, 2.45) is 0 Å². The van der Waals surface area contributed by atoms with E-state index in [9.17, 15) is 4.79 Å². The number of carbonyl (C=O) groups is 1. The molecule has 3 nitrogen and oxygen atoms in total. The number of hydrogen-bond donors (Lipinski definition) is 0. The predicted octanol–water partition coefficient (Wildman–Crippen LogP) is 0.752. The van der Waals surface area contributed by atoms with Gasteiger partial charge in [-0.05, 0) is 6.92 Å². The van der Waals surface area contributed by atoms with E-state index in [1.165, 1.54) is 27.4 Å². The minimum absolute atomic E-state index is 0.0244. The Morgan fingerprint density at radius 1 is 1.50 bits per heavy atom. The van der Waals surface area contributed by atoms with Crippen LogP contribution < -0.4 is 0 Å². The number of methoxy groups -OCH3 is 2. The van der Waals surface area contributed by atoms with E-state index in [-0.39, 0.29) is 5.78 Å². The average molecular weight is 144 g/mol. The van der Waals surface area contributed by atoms with Crippen molar-refractivity contribution in [3.63, 3.8) is 0 Å². The summed E-state index contributed by atoms with van der Waals surface area (Å²) < 4.78 is 9.40. The summed E-state index contributed by atoms with van der Waals surface area (Å²) in [6.07, 6.45) is 1.39. The molecule has 0 bridgehead atoms. The van der Waals surface area contributed by atoms with Gasteiger partial charge in [-0.1, -0.05) is 0 Å². The Kier molecular flexibility index (Phi) is 4.58. The second-order valence-corrected chi connectivity index (χ2v) is 1.87. The van der Waals surface area contributed by atoms with Gasteiger partial charge in [0, 0.05) is 7.11 Å². The van der Waals surface area contributed by atoms with Gasteiger partial charge in [0.15, 0.2) is 5.78 Å². The highest BCUT2D eigenvalue weighted by atomic mass is 16.5. The molecule has 0 aromatic carbocycles. The first-order chi connectivity index (χ1) is 4.72. The van der Waals surface area contributed by atoms with Gasteiger partial charge in [0.2, 0.25) is 0 Å². The molecule has 0 saturated heterocycles. The highest BCUT2D eigenvalue weighted by Crippen LogP contribution is 1.95. The van der Waals surface area contributed by atoms with Crippen LogP contribution in [0.2, 0.25) is 0 Å². The Balaban J connectivity index is 3.98. The molecule has 0 rings (SSSR count). The van der Waals surface area contributed by atoms with Crippen LogP contribution in [0.5, 0.6) is 0 Å². The highest BCUT2D eigenvalue weighted by molar-refractivity contribution is 5.93. The SMILES string of the molecule is CO/C=C(\COC)C(C)=O. The first-order valence-corrected chi connectivity index (χ1v) is 2.94. The summed E-state index contributed by atoms with van der Waals surface area (Å²) in [5, 5.41) is 0. The van der Waals surface area contributed by atoms with Gasteiger partial charge in [0.05, 0.1) is 25.6 Å². The predicted molar refractivity (Wildman–Crippen MR) is 37.6 cm³/mol. The Labute approximate surface area is 60.6 Å². The molecule has 0 atom stereocenters. The molecule has 58 valence electrons. The van der Waals surface area contributed by atoms with Crippen molar-refractivity contribution in [1.82, 2.24) is 0 Å². The van der Waals surface area contributed by atoms with Crippen LogP contribution in [0.1, 0.15) is 6.92 Å². The fourth-order valence-corrected chi connectivity index (χ4v) is 0.516. The monoisotopic (exact) mass is 144 g/mol. The Morgan fingerprint density at radius 2 is 2.10 bits per heavy atom. The van der Waals surface area contributed by atoms with E-state index in [0.29, 0.717) is 12.2 Å². The van der Waals surface area contributed by atoms with Crippen LogP contribution in [-0.2, 0) is 14.3 Å². The van der Waals surface area contributed by atoms with Crippen LogP contribution in [-0.4, -0.2) is 26.6 Å². The maximum absolute atomic E-state index is 10.7. The van der Waals surface area contributed by atoms with Crippen molar-refractivity contribution < 1.29 is 14.3 Å². The molecule has 0 heterocycles. The van der Waals surface area contributed by atoms with Gasteiger partial charge in [-0.25, -0.2) is 0 Å². The number of ketones is 1. The second kappa shape index (κ2) is 4.99. The smallest absolute Gasteiger partial charge is 0.161 e. The molecule has 0 saturated carbocycles. The van der Waals surface area contributed by atoms with E-state index in [4.69, 9.17) is 4.74 Å². The lowest BCUT2D eigenvalue weighted by atomic mass is 10.2. The third-order valence-corrected chi connectivity index (χ3v) is 1.01. The summed E-state index contributed by atoms with van der Waals surface area (Å²) in [6, 6.07) is 0. The van der Waals surface area contributed by atoms with E-state index >= 15 is 0 Å². The van der Waals surface area contributed by atoms with Crippen molar-refractivity contribution in [2.45, 2.75) is 6.92 Å². The summed E-state index contributed by atoms with van der Waals surface area (Å²) >= 11 is 0. The Morgan fingerprint density at radius 3 is 2.40 bits per heavy atom. The first-order valence-electron chi connectivity index (χ1n) is 2.94. The average Bonchev–Trinajstić information content (AvgIpc) is 1.87. The first kappa shape index (κ1) is 9.17. The van der Waals surface area contributed by atoms with E-state index in [0.717, 1.165) is 0 Å². The van der Waals surface area contributed by atoms with E-state index < -0.39 is 0 Å².